The fraction of sp³-hybridized carbons (Fsp3) is 0.923. The van der Waals surface area contributed by atoms with Gasteiger partial charge < -0.3 is 11.1 Å². The van der Waals surface area contributed by atoms with Crippen LogP contribution in [0, 0.1) is 5.92 Å². The number of piperidine rings is 1. The number of thioether (sulfide) groups is 1. The van der Waals surface area contributed by atoms with Crippen molar-refractivity contribution in [1.29, 1.82) is 0 Å². The van der Waals surface area contributed by atoms with Crippen LogP contribution in [0.15, 0.2) is 0 Å². The zero-order chi connectivity index (χ0) is 13.0. The Morgan fingerprint density at radius 3 is 3.00 bits per heavy atom. The Hall–Kier alpha value is -0.260. The lowest BCUT2D eigenvalue weighted by atomic mass is 9.94. The third-order valence-corrected chi connectivity index (χ3v) is 5.38. The van der Waals surface area contributed by atoms with Crippen LogP contribution in [-0.4, -0.2) is 54.0 Å². The van der Waals surface area contributed by atoms with E-state index >= 15 is 0 Å². The van der Waals surface area contributed by atoms with Crippen LogP contribution in [0.3, 0.4) is 0 Å². The van der Waals surface area contributed by atoms with Gasteiger partial charge in [0.25, 0.3) is 0 Å². The number of likely N-dealkylation sites (tertiary alicyclic amines) is 1. The zero-order valence-electron chi connectivity index (χ0n) is 11.2. The number of hydrogen-bond acceptors (Lipinski definition) is 4. The highest BCUT2D eigenvalue weighted by Crippen LogP contribution is 2.32. The first-order valence-electron chi connectivity index (χ1n) is 7.06. The van der Waals surface area contributed by atoms with Gasteiger partial charge in [0, 0.05) is 30.9 Å². The van der Waals surface area contributed by atoms with Gasteiger partial charge in [-0.3, -0.25) is 9.69 Å². The lowest BCUT2D eigenvalue weighted by Crippen LogP contribution is -2.49. The van der Waals surface area contributed by atoms with Crippen molar-refractivity contribution in [2.75, 3.05) is 31.9 Å². The minimum absolute atomic E-state index is 0.170. The lowest BCUT2D eigenvalue weighted by molar-refractivity contribution is -0.126. The summed E-state index contributed by atoms with van der Waals surface area (Å²) in [6, 6.07) is 0.681. The number of carbonyl (C=O) groups excluding carboxylic acids is 1. The summed E-state index contributed by atoms with van der Waals surface area (Å²) in [5.74, 6) is 1.64. The molecule has 4 nitrogen and oxygen atoms in total. The minimum Gasteiger partial charge on any atom is -0.355 e. The number of nitrogens with zero attached hydrogens (tertiary/aromatic N) is 1. The van der Waals surface area contributed by atoms with Gasteiger partial charge in [0.2, 0.25) is 5.91 Å². The monoisotopic (exact) mass is 271 g/mol. The Balaban J connectivity index is 1.86. The fourth-order valence-electron chi connectivity index (χ4n) is 3.06. The third kappa shape index (κ3) is 3.39. The van der Waals surface area contributed by atoms with Crippen molar-refractivity contribution < 1.29 is 4.79 Å². The third-order valence-electron chi connectivity index (χ3n) is 4.07. The Morgan fingerprint density at radius 2 is 2.33 bits per heavy atom. The molecule has 0 aromatic carbocycles. The number of carbonyl (C=O) groups is 1. The van der Waals surface area contributed by atoms with Gasteiger partial charge in [-0.25, -0.2) is 0 Å². The highest BCUT2D eigenvalue weighted by Gasteiger charge is 2.34. The van der Waals surface area contributed by atoms with Gasteiger partial charge in [0.05, 0.1) is 5.92 Å². The topological polar surface area (TPSA) is 58.4 Å². The van der Waals surface area contributed by atoms with Crippen molar-refractivity contribution in [3.05, 3.63) is 0 Å². The molecule has 0 aromatic rings. The van der Waals surface area contributed by atoms with E-state index in [0.717, 1.165) is 31.2 Å². The average Bonchev–Trinajstić information content (AvgIpc) is 2.82. The van der Waals surface area contributed by atoms with Crippen molar-refractivity contribution in [3.63, 3.8) is 0 Å². The number of amides is 1. The van der Waals surface area contributed by atoms with E-state index in [1.807, 2.05) is 0 Å². The molecule has 2 aliphatic rings. The summed E-state index contributed by atoms with van der Waals surface area (Å²) < 4.78 is 0. The van der Waals surface area contributed by atoms with E-state index in [9.17, 15) is 4.79 Å². The molecule has 0 saturated carbocycles. The number of rotatable bonds is 4. The fourth-order valence-corrected chi connectivity index (χ4v) is 4.34. The first kappa shape index (κ1) is 14.2. The van der Waals surface area contributed by atoms with Crippen molar-refractivity contribution in [2.24, 2.45) is 11.7 Å². The summed E-state index contributed by atoms with van der Waals surface area (Å²) >= 11 is 2.06. The lowest BCUT2D eigenvalue weighted by Gasteiger charge is -2.37. The second kappa shape index (κ2) is 6.78. The average molecular weight is 271 g/mol. The van der Waals surface area contributed by atoms with Gasteiger partial charge in [-0.1, -0.05) is 6.92 Å². The zero-order valence-corrected chi connectivity index (χ0v) is 12.0. The van der Waals surface area contributed by atoms with Gasteiger partial charge in [-0.05, 0) is 31.6 Å². The second-order valence-electron chi connectivity index (χ2n) is 5.35. The molecule has 2 aliphatic heterocycles. The van der Waals surface area contributed by atoms with Crippen LogP contribution >= 0.6 is 11.8 Å². The van der Waals surface area contributed by atoms with Crippen LogP contribution in [0.5, 0.6) is 0 Å². The summed E-state index contributed by atoms with van der Waals surface area (Å²) in [6.07, 6.45) is 3.46. The molecule has 2 fully saturated rings. The molecule has 2 heterocycles. The molecule has 3 atom stereocenters. The standard InChI is InChI=1S/C13H25N3OS/c1-10-12(4-8-18-10)16-7-2-3-11(9-16)13(17)15-6-5-14/h10-12H,2-9,14H2,1H3,(H,15,17). The maximum atomic E-state index is 12.0. The predicted molar refractivity (Wildman–Crippen MR) is 76.7 cm³/mol. The van der Waals surface area contributed by atoms with Gasteiger partial charge in [-0.2, -0.15) is 11.8 Å². The second-order valence-corrected chi connectivity index (χ2v) is 6.83. The Kier molecular flexibility index (Phi) is 5.33. The van der Waals surface area contributed by atoms with Gasteiger partial charge in [0.15, 0.2) is 0 Å². The molecule has 0 aromatic heterocycles. The maximum absolute atomic E-state index is 12.0. The van der Waals surface area contributed by atoms with Crippen LogP contribution in [0.4, 0.5) is 0 Å². The Morgan fingerprint density at radius 1 is 1.50 bits per heavy atom. The molecule has 5 heteroatoms. The van der Waals surface area contributed by atoms with E-state index in [-0.39, 0.29) is 11.8 Å². The SMILES string of the molecule is CC1SCCC1N1CCCC(C(=O)NCCN)C1. The molecular weight excluding hydrogens is 246 g/mol. The molecule has 1 amide bonds. The van der Waals surface area contributed by atoms with Crippen molar-refractivity contribution in [1.82, 2.24) is 10.2 Å². The van der Waals surface area contributed by atoms with Crippen molar-refractivity contribution in [2.45, 2.75) is 37.5 Å². The maximum Gasteiger partial charge on any atom is 0.224 e. The van der Waals surface area contributed by atoms with Gasteiger partial charge >= 0.3 is 0 Å². The normalized spacial score (nSPS) is 33.6. The van der Waals surface area contributed by atoms with Gasteiger partial charge in [-0.15, -0.1) is 0 Å². The molecule has 0 aliphatic carbocycles. The van der Waals surface area contributed by atoms with Crippen LogP contribution in [0.1, 0.15) is 26.2 Å². The number of nitrogens with one attached hydrogen (secondary N) is 1. The van der Waals surface area contributed by atoms with Crippen molar-refractivity contribution >= 4 is 17.7 Å². The summed E-state index contributed by atoms with van der Waals surface area (Å²) in [7, 11) is 0. The van der Waals surface area contributed by atoms with E-state index in [2.05, 4.69) is 28.9 Å². The van der Waals surface area contributed by atoms with Crippen LogP contribution in [0.2, 0.25) is 0 Å². The molecular formula is C13H25N3OS. The molecule has 18 heavy (non-hydrogen) atoms. The van der Waals surface area contributed by atoms with Gasteiger partial charge in [0.1, 0.15) is 0 Å². The molecule has 2 saturated heterocycles. The summed E-state index contributed by atoms with van der Waals surface area (Å²) in [5, 5.41) is 3.65. The summed E-state index contributed by atoms with van der Waals surface area (Å²) in [4.78, 5) is 14.5. The van der Waals surface area contributed by atoms with Crippen LogP contribution in [-0.2, 0) is 4.79 Å². The highest BCUT2D eigenvalue weighted by atomic mass is 32.2. The largest absolute Gasteiger partial charge is 0.355 e. The minimum atomic E-state index is 0.170. The Bertz CT molecular complexity index is 287. The number of nitrogens with two attached hydrogens (primary N) is 1. The van der Waals surface area contributed by atoms with E-state index in [1.165, 1.54) is 12.2 Å². The van der Waals surface area contributed by atoms with E-state index in [4.69, 9.17) is 5.73 Å². The molecule has 104 valence electrons. The predicted octanol–water partition coefficient (Wildman–Crippen LogP) is 0.667. The van der Waals surface area contributed by atoms with E-state index < -0.39 is 0 Å². The van der Waals surface area contributed by atoms with Crippen LogP contribution < -0.4 is 11.1 Å². The van der Waals surface area contributed by atoms with Crippen molar-refractivity contribution in [3.8, 4) is 0 Å². The highest BCUT2D eigenvalue weighted by molar-refractivity contribution is 8.00. The molecule has 0 spiro atoms. The first-order chi connectivity index (χ1) is 8.72. The van der Waals surface area contributed by atoms with E-state index in [0.29, 0.717) is 19.1 Å². The first-order valence-corrected chi connectivity index (χ1v) is 8.10. The molecule has 0 radical (unpaired) electrons. The Labute approximate surface area is 114 Å². The number of hydrogen-bond donors (Lipinski definition) is 2. The molecule has 3 N–H and O–H groups in total. The molecule has 3 unspecified atom stereocenters. The summed E-state index contributed by atoms with van der Waals surface area (Å²) in [6.45, 7) is 5.55. The quantitative estimate of drug-likeness (QED) is 0.789. The molecule has 0 bridgehead atoms. The van der Waals surface area contributed by atoms with E-state index in [1.54, 1.807) is 0 Å². The molecule has 2 rings (SSSR count). The van der Waals surface area contributed by atoms with Crippen LogP contribution in [0.25, 0.3) is 0 Å². The summed E-state index contributed by atoms with van der Waals surface area (Å²) in [5.41, 5.74) is 5.42. The smallest absolute Gasteiger partial charge is 0.224 e.